The van der Waals surface area contributed by atoms with Crippen LogP contribution in [0.3, 0.4) is 0 Å². The van der Waals surface area contributed by atoms with Crippen molar-refractivity contribution in [2.75, 3.05) is 12.1 Å². The Hall–Kier alpha value is -1.81. The van der Waals surface area contributed by atoms with Gasteiger partial charge in [-0.2, -0.15) is 10.4 Å². The molecule has 0 aliphatic rings. The number of hydrogen-bond acceptors (Lipinski definition) is 5. The fourth-order valence-corrected chi connectivity index (χ4v) is 1.72. The second-order valence-electron chi connectivity index (χ2n) is 3.81. The molecule has 0 aliphatic heterocycles. The maximum atomic E-state index is 10.6. The molecular weight excluding hydrogens is 339 g/mol. The van der Waals surface area contributed by atoms with Gasteiger partial charge in [-0.3, -0.25) is 5.01 Å². The molecule has 0 atom stereocenters. The van der Waals surface area contributed by atoms with E-state index in [1.54, 1.807) is 20.0 Å². The van der Waals surface area contributed by atoms with Gasteiger partial charge in [-0.15, -0.1) is 0 Å². The molecule has 1 aromatic rings. The van der Waals surface area contributed by atoms with Crippen molar-refractivity contribution in [2.45, 2.75) is 6.92 Å². The number of anilines is 1. The molecule has 1 aromatic heterocycles. The summed E-state index contributed by atoms with van der Waals surface area (Å²) in [6.07, 6.45) is 1.07. The van der Waals surface area contributed by atoms with Crippen LogP contribution in [0.25, 0.3) is 0 Å². The van der Waals surface area contributed by atoms with Crippen LogP contribution in [0.4, 0.5) is 5.82 Å². The van der Waals surface area contributed by atoms with Crippen molar-refractivity contribution in [1.29, 1.82) is 5.26 Å². The minimum absolute atomic E-state index is 0.0553. The Labute approximate surface area is 135 Å². The first-order valence-electron chi connectivity index (χ1n) is 5.41. The molecule has 0 saturated carbocycles. The quantitative estimate of drug-likeness (QED) is 0.391. The third-order valence-electron chi connectivity index (χ3n) is 2.34. The van der Waals surface area contributed by atoms with Gasteiger partial charge in [-0.05, 0) is 18.6 Å². The summed E-state index contributed by atoms with van der Waals surface area (Å²) < 4.78 is 0. The van der Waals surface area contributed by atoms with E-state index in [0.29, 0.717) is 11.4 Å². The maximum Gasteiger partial charge on any atom is 0.348 e. The Balaban J connectivity index is 3.06. The lowest BCUT2D eigenvalue weighted by Gasteiger charge is -2.13. The molecule has 0 spiro atoms. The lowest BCUT2D eigenvalue weighted by molar-refractivity contribution is -0.131. The molecule has 110 valence electrons. The lowest BCUT2D eigenvalue weighted by Crippen LogP contribution is -2.12. The van der Waals surface area contributed by atoms with Gasteiger partial charge in [0, 0.05) is 7.05 Å². The number of pyridine rings is 1. The van der Waals surface area contributed by atoms with Gasteiger partial charge in [-0.25, -0.2) is 9.78 Å². The molecule has 9 heteroatoms. The van der Waals surface area contributed by atoms with E-state index in [2.05, 4.69) is 10.1 Å². The lowest BCUT2D eigenvalue weighted by atomic mass is 10.2. The Morgan fingerprint density at radius 3 is 2.67 bits per heavy atom. The van der Waals surface area contributed by atoms with E-state index in [9.17, 15) is 4.79 Å². The largest absolute Gasteiger partial charge is 0.477 e. The number of aliphatic carboxylic acids is 1. The van der Waals surface area contributed by atoms with Gasteiger partial charge < -0.3 is 5.11 Å². The first-order chi connectivity index (χ1) is 9.77. The number of carboxylic acid groups (broad SMARTS) is 1. The number of carbonyl (C=O) groups is 1. The summed E-state index contributed by atoms with van der Waals surface area (Å²) in [6, 6.07) is 3.55. The summed E-state index contributed by atoms with van der Waals surface area (Å²) in [5.74, 6) is -0.991. The minimum Gasteiger partial charge on any atom is -0.477 e. The fourth-order valence-electron chi connectivity index (χ4n) is 1.27. The van der Waals surface area contributed by atoms with Crippen molar-refractivity contribution >= 4 is 52.8 Å². The van der Waals surface area contributed by atoms with Crippen LogP contribution in [0.1, 0.15) is 11.1 Å². The molecule has 6 nitrogen and oxygen atoms in total. The molecule has 0 unspecified atom stereocenters. The van der Waals surface area contributed by atoms with Crippen molar-refractivity contribution in [2.24, 2.45) is 5.10 Å². The van der Waals surface area contributed by atoms with Crippen molar-refractivity contribution in [3.05, 3.63) is 32.4 Å². The third kappa shape index (κ3) is 4.33. The van der Waals surface area contributed by atoms with Crippen LogP contribution in [0.2, 0.25) is 5.15 Å². The first-order valence-corrected chi connectivity index (χ1v) is 6.54. The number of hydrazone groups is 1. The summed E-state index contributed by atoms with van der Waals surface area (Å²) in [6.45, 7) is 1.71. The number of halogens is 3. The van der Waals surface area contributed by atoms with Crippen LogP contribution in [0.5, 0.6) is 0 Å². The maximum absolute atomic E-state index is 10.6. The van der Waals surface area contributed by atoms with Crippen LogP contribution >= 0.6 is 34.8 Å². The zero-order chi connectivity index (χ0) is 16.2. The standard InChI is InChI=1S/C12H9Cl3N4O2/c1-6-3-9(18-11(15)7(6)4-16)19(2)17-5-8(13)10(14)12(20)21/h3,5H,1-2H3,(H,20,21)/b10-8+,17-5+. The number of allylic oxidation sites excluding steroid dienone is 1. The number of aromatic nitrogens is 1. The van der Waals surface area contributed by atoms with Crippen LogP contribution < -0.4 is 5.01 Å². The van der Waals surface area contributed by atoms with E-state index in [4.69, 9.17) is 45.2 Å². The van der Waals surface area contributed by atoms with Gasteiger partial charge in [0.25, 0.3) is 0 Å². The SMILES string of the molecule is Cc1cc(N(C)/N=C/C(Cl)=C(\Cl)C(=O)O)nc(Cl)c1C#N. The fraction of sp³-hybridized carbons (Fsp3) is 0.167. The summed E-state index contributed by atoms with van der Waals surface area (Å²) >= 11 is 17.0. The zero-order valence-corrected chi connectivity index (χ0v) is 13.2. The Bertz CT molecular complexity index is 657. The molecule has 21 heavy (non-hydrogen) atoms. The van der Waals surface area contributed by atoms with E-state index in [0.717, 1.165) is 6.21 Å². The Morgan fingerprint density at radius 2 is 2.19 bits per heavy atom. The molecule has 0 saturated heterocycles. The summed E-state index contributed by atoms with van der Waals surface area (Å²) in [4.78, 5) is 14.6. The van der Waals surface area contributed by atoms with Gasteiger partial charge in [0.1, 0.15) is 16.3 Å². The van der Waals surface area contributed by atoms with Crippen molar-refractivity contribution in [3.63, 3.8) is 0 Å². The zero-order valence-electron chi connectivity index (χ0n) is 10.9. The molecular formula is C12H9Cl3N4O2. The monoisotopic (exact) mass is 346 g/mol. The van der Waals surface area contributed by atoms with Crippen LogP contribution in [-0.2, 0) is 4.79 Å². The van der Waals surface area contributed by atoms with Crippen LogP contribution in [0.15, 0.2) is 21.2 Å². The number of carboxylic acids is 1. The van der Waals surface area contributed by atoms with Crippen LogP contribution in [0, 0.1) is 18.3 Å². The predicted octanol–water partition coefficient (Wildman–Crippen LogP) is 3.11. The smallest absolute Gasteiger partial charge is 0.348 e. The molecule has 1 heterocycles. The van der Waals surface area contributed by atoms with E-state index >= 15 is 0 Å². The summed E-state index contributed by atoms with van der Waals surface area (Å²) in [7, 11) is 1.56. The van der Waals surface area contributed by atoms with E-state index in [-0.39, 0.29) is 15.7 Å². The Kier molecular flexibility index (Phi) is 5.97. The highest BCUT2D eigenvalue weighted by Crippen LogP contribution is 2.22. The average Bonchev–Trinajstić information content (AvgIpc) is 2.42. The molecule has 0 bridgehead atoms. The van der Waals surface area contributed by atoms with Crippen molar-refractivity contribution in [3.8, 4) is 6.07 Å². The molecule has 0 aromatic carbocycles. The molecule has 0 radical (unpaired) electrons. The molecule has 0 amide bonds. The molecule has 0 aliphatic carbocycles. The highest BCUT2D eigenvalue weighted by Gasteiger charge is 2.11. The summed E-state index contributed by atoms with van der Waals surface area (Å²) in [5, 5.41) is 22.1. The minimum atomic E-state index is -1.36. The third-order valence-corrected chi connectivity index (χ3v) is 3.37. The first kappa shape index (κ1) is 17.2. The number of rotatable bonds is 4. The normalized spacial score (nSPS) is 12.0. The van der Waals surface area contributed by atoms with Gasteiger partial charge >= 0.3 is 5.97 Å². The number of nitriles is 1. The van der Waals surface area contributed by atoms with Gasteiger partial charge in [0.2, 0.25) is 0 Å². The second-order valence-corrected chi connectivity index (χ2v) is 4.95. The van der Waals surface area contributed by atoms with Crippen molar-refractivity contribution < 1.29 is 9.90 Å². The predicted molar refractivity (Wildman–Crippen MR) is 82.0 cm³/mol. The van der Waals surface area contributed by atoms with Gasteiger partial charge in [0.15, 0.2) is 5.82 Å². The number of hydrogen-bond donors (Lipinski definition) is 1. The van der Waals surface area contributed by atoms with E-state index in [1.165, 1.54) is 5.01 Å². The van der Waals surface area contributed by atoms with E-state index < -0.39 is 11.0 Å². The molecule has 0 fully saturated rings. The molecule has 1 N–H and O–H groups in total. The van der Waals surface area contributed by atoms with Crippen LogP contribution in [-0.4, -0.2) is 29.3 Å². The van der Waals surface area contributed by atoms with Gasteiger partial charge in [-0.1, -0.05) is 34.8 Å². The average molecular weight is 348 g/mol. The Morgan fingerprint density at radius 1 is 1.57 bits per heavy atom. The van der Waals surface area contributed by atoms with Crippen molar-refractivity contribution in [1.82, 2.24) is 4.98 Å². The topological polar surface area (TPSA) is 89.6 Å². The highest BCUT2D eigenvalue weighted by atomic mass is 35.5. The number of aryl methyl sites for hydroxylation is 1. The van der Waals surface area contributed by atoms with Gasteiger partial charge in [0.05, 0.1) is 16.8 Å². The molecule has 1 rings (SSSR count). The summed E-state index contributed by atoms with van der Waals surface area (Å²) in [5.41, 5.74) is 0.921. The van der Waals surface area contributed by atoms with E-state index in [1.807, 2.05) is 6.07 Å². The highest BCUT2D eigenvalue weighted by molar-refractivity contribution is 6.51. The number of nitrogens with zero attached hydrogens (tertiary/aromatic N) is 4. The second kappa shape index (κ2) is 7.27.